The molecule has 3 nitrogen and oxygen atoms in total. The Morgan fingerprint density at radius 2 is 2.10 bits per heavy atom. The van der Waals surface area contributed by atoms with E-state index in [2.05, 4.69) is 10.3 Å². The lowest BCUT2D eigenvalue weighted by molar-refractivity contribution is 0.0949. The van der Waals surface area contributed by atoms with E-state index in [4.69, 9.17) is 0 Å². The SMILES string of the molecule is Cc1nc(C)c(CCNC(=O)c2cc(F)ccc2F)s1. The van der Waals surface area contributed by atoms with Crippen molar-refractivity contribution in [1.82, 2.24) is 10.3 Å². The number of hydrogen-bond donors (Lipinski definition) is 1. The Kier molecular flexibility index (Phi) is 4.44. The Morgan fingerprint density at radius 1 is 1.35 bits per heavy atom. The summed E-state index contributed by atoms with van der Waals surface area (Å²) in [5.41, 5.74) is 0.667. The van der Waals surface area contributed by atoms with Gasteiger partial charge in [0.1, 0.15) is 11.6 Å². The lowest BCUT2D eigenvalue weighted by Gasteiger charge is -2.05. The zero-order chi connectivity index (χ0) is 14.7. The number of rotatable bonds is 4. The lowest BCUT2D eigenvalue weighted by atomic mass is 10.2. The third-order valence-corrected chi connectivity index (χ3v) is 3.94. The van der Waals surface area contributed by atoms with Gasteiger partial charge in [0.25, 0.3) is 5.91 Å². The molecule has 1 heterocycles. The molecule has 0 atom stereocenters. The minimum Gasteiger partial charge on any atom is -0.352 e. The number of amides is 1. The molecule has 1 aromatic carbocycles. The number of carbonyl (C=O) groups is 1. The van der Waals surface area contributed by atoms with Gasteiger partial charge in [-0.05, 0) is 32.0 Å². The Labute approximate surface area is 119 Å². The number of hydrogen-bond acceptors (Lipinski definition) is 3. The number of benzene rings is 1. The van der Waals surface area contributed by atoms with Crippen LogP contribution in [-0.2, 0) is 6.42 Å². The quantitative estimate of drug-likeness (QED) is 0.942. The zero-order valence-electron chi connectivity index (χ0n) is 11.2. The molecule has 0 aliphatic carbocycles. The second-order valence-corrected chi connectivity index (χ2v) is 5.66. The van der Waals surface area contributed by atoms with Gasteiger partial charge in [0, 0.05) is 17.8 Å². The van der Waals surface area contributed by atoms with E-state index >= 15 is 0 Å². The van der Waals surface area contributed by atoms with Crippen molar-refractivity contribution < 1.29 is 13.6 Å². The highest BCUT2D eigenvalue weighted by atomic mass is 32.1. The van der Waals surface area contributed by atoms with Crippen molar-refractivity contribution in [3.63, 3.8) is 0 Å². The fourth-order valence-electron chi connectivity index (χ4n) is 1.86. The van der Waals surface area contributed by atoms with Crippen LogP contribution in [0.25, 0.3) is 0 Å². The first-order chi connectivity index (χ1) is 9.47. The Hall–Kier alpha value is -1.82. The summed E-state index contributed by atoms with van der Waals surface area (Å²) in [5, 5.41) is 3.56. The second kappa shape index (κ2) is 6.09. The highest BCUT2D eigenvalue weighted by Crippen LogP contribution is 2.17. The van der Waals surface area contributed by atoms with E-state index in [1.807, 2.05) is 13.8 Å². The molecular formula is C14H14F2N2OS. The molecule has 0 aliphatic rings. The molecular weight excluding hydrogens is 282 g/mol. The Morgan fingerprint density at radius 3 is 2.75 bits per heavy atom. The van der Waals surface area contributed by atoms with Crippen molar-refractivity contribution in [2.45, 2.75) is 20.3 Å². The molecule has 2 aromatic rings. The molecule has 1 amide bonds. The number of halogens is 2. The first kappa shape index (κ1) is 14.6. The minimum absolute atomic E-state index is 0.276. The van der Waals surface area contributed by atoms with Crippen LogP contribution in [0.4, 0.5) is 8.78 Å². The number of thiazole rings is 1. The van der Waals surface area contributed by atoms with E-state index in [1.165, 1.54) is 0 Å². The molecule has 1 N–H and O–H groups in total. The molecule has 0 fully saturated rings. The van der Waals surface area contributed by atoms with Gasteiger partial charge >= 0.3 is 0 Å². The summed E-state index contributed by atoms with van der Waals surface area (Å²) in [7, 11) is 0. The van der Waals surface area contributed by atoms with E-state index in [0.29, 0.717) is 13.0 Å². The summed E-state index contributed by atoms with van der Waals surface area (Å²) in [6.45, 7) is 4.19. The van der Waals surface area contributed by atoms with Gasteiger partial charge in [-0.1, -0.05) is 0 Å². The third kappa shape index (κ3) is 3.39. The highest BCUT2D eigenvalue weighted by Gasteiger charge is 2.13. The average Bonchev–Trinajstić information content (AvgIpc) is 2.71. The van der Waals surface area contributed by atoms with Gasteiger partial charge in [-0.3, -0.25) is 4.79 Å². The van der Waals surface area contributed by atoms with Gasteiger partial charge in [-0.2, -0.15) is 0 Å². The molecule has 0 saturated carbocycles. The number of carbonyl (C=O) groups excluding carboxylic acids is 1. The second-order valence-electron chi connectivity index (χ2n) is 4.37. The van der Waals surface area contributed by atoms with Crippen molar-refractivity contribution in [2.75, 3.05) is 6.54 Å². The molecule has 20 heavy (non-hydrogen) atoms. The van der Waals surface area contributed by atoms with Gasteiger partial charge in [0.2, 0.25) is 0 Å². The van der Waals surface area contributed by atoms with Gasteiger partial charge in [0.05, 0.1) is 16.3 Å². The summed E-state index contributed by atoms with van der Waals surface area (Å²) in [6, 6.07) is 2.82. The van der Waals surface area contributed by atoms with Crippen molar-refractivity contribution >= 4 is 17.2 Å². The predicted molar refractivity (Wildman–Crippen MR) is 74.0 cm³/mol. The molecule has 0 bridgehead atoms. The van der Waals surface area contributed by atoms with Crippen molar-refractivity contribution in [3.05, 3.63) is 51.0 Å². The maximum atomic E-state index is 13.4. The number of nitrogens with zero attached hydrogens (tertiary/aromatic N) is 1. The first-order valence-corrected chi connectivity index (χ1v) is 6.95. The van der Waals surface area contributed by atoms with Crippen molar-refractivity contribution in [3.8, 4) is 0 Å². The molecule has 6 heteroatoms. The normalized spacial score (nSPS) is 10.6. The highest BCUT2D eigenvalue weighted by molar-refractivity contribution is 7.11. The topological polar surface area (TPSA) is 42.0 Å². The van der Waals surface area contributed by atoms with Crippen LogP contribution in [0.2, 0.25) is 0 Å². The fraction of sp³-hybridized carbons (Fsp3) is 0.286. The van der Waals surface area contributed by atoms with Crippen molar-refractivity contribution in [1.29, 1.82) is 0 Å². The van der Waals surface area contributed by atoms with Gasteiger partial charge < -0.3 is 5.32 Å². The lowest BCUT2D eigenvalue weighted by Crippen LogP contribution is -2.26. The summed E-state index contributed by atoms with van der Waals surface area (Å²) < 4.78 is 26.4. The average molecular weight is 296 g/mol. The van der Waals surface area contributed by atoms with Crippen molar-refractivity contribution in [2.24, 2.45) is 0 Å². The number of aromatic nitrogens is 1. The van der Waals surface area contributed by atoms with E-state index in [-0.39, 0.29) is 5.56 Å². The molecule has 0 aliphatic heterocycles. The standard InChI is InChI=1S/C14H14F2N2OS/c1-8-13(20-9(2)18-8)5-6-17-14(19)11-7-10(15)3-4-12(11)16/h3-4,7H,5-6H2,1-2H3,(H,17,19). The van der Waals surface area contributed by atoms with Crippen LogP contribution in [0.1, 0.15) is 25.9 Å². The summed E-state index contributed by atoms with van der Waals surface area (Å²) in [5.74, 6) is -1.97. The van der Waals surface area contributed by atoms with Gasteiger partial charge in [-0.15, -0.1) is 11.3 Å². The Bertz CT molecular complexity index is 640. The predicted octanol–water partition coefficient (Wildman–Crippen LogP) is 3.01. The maximum Gasteiger partial charge on any atom is 0.254 e. The number of aryl methyl sites for hydroxylation is 2. The van der Waals surface area contributed by atoms with Crippen LogP contribution >= 0.6 is 11.3 Å². The largest absolute Gasteiger partial charge is 0.352 e. The van der Waals surface area contributed by atoms with Crippen LogP contribution in [0.5, 0.6) is 0 Å². The maximum absolute atomic E-state index is 13.4. The molecule has 2 rings (SSSR count). The number of nitrogens with one attached hydrogen (secondary N) is 1. The third-order valence-electron chi connectivity index (χ3n) is 2.81. The van der Waals surface area contributed by atoms with E-state index in [0.717, 1.165) is 33.8 Å². The van der Waals surface area contributed by atoms with Crippen LogP contribution in [-0.4, -0.2) is 17.4 Å². The molecule has 0 unspecified atom stereocenters. The molecule has 0 spiro atoms. The zero-order valence-corrected chi connectivity index (χ0v) is 12.0. The van der Waals surface area contributed by atoms with E-state index < -0.39 is 17.5 Å². The van der Waals surface area contributed by atoms with Crippen LogP contribution in [0.3, 0.4) is 0 Å². The Balaban J connectivity index is 1.95. The van der Waals surface area contributed by atoms with Crippen LogP contribution in [0.15, 0.2) is 18.2 Å². The van der Waals surface area contributed by atoms with Crippen LogP contribution in [0, 0.1) is 25.5 Å². The first-order valence-electron chi connectivity index (χ1n) is 6.13. The minimum atomic E-state index is -0.728. The van der Waals surface area contributed by atoms with E-state index in [9.17, 15) is 13.6 Å². The van der Waals surface area contributed by atoms with Gasteiger partial charge in [0.15, 0.2) is 0 Å². The summed E-state index contributed by atoms with van der Waals surface area (Å²) >= 11 is 1.57. The van der Waals surface area contributed by atoms with Gasteiger partial charge in [-0.25, -0.2) is 13.8 Å². The van der Waals surface area contributed by atoms with E-state index in [1.54, 1.807) is 11.3 Å². The molecule has 0 radical (unpaired) electrons. The summed E-state index contributed by atoms with van der Waals surface area (Å²) in [6.07, 6.45) is 0.625. The summed E-state index contributed by atoms with van der Waals surface area (Å²) in [4.78, 5) is 17.1. The molecule has 0 saturated heterocycles. The smallest absolute Gasteiger partial charge is 0.254 e. The molecule has 1 aromatic heterocycles. The van der Waals surface area contributed by atoms with Crippen LogP contribution < -0.4 is 5.32 Å². The fourth-order valence-corrected chi connectivity index (χ4v) is 2.80. The molecule has 106 valence electrons. The monoisotopic (exact) mass is 296 g/mol.